The first-order valence-electron chi connectivity index (χ1n) is 11.8. The number of sulfonamides is 1. The summed E-state index contributed by atoms with van der Waals surface area (Å²) in [7, 11) is -2.05. The van der Waals surface area contributed by atoms with E-state index in [1.165, 1.54) is 11.4 Å². The van der Waals surface area contributed by atoms with Crippen LogP contribution in [0.1, 0.15) is 44.2 Å². The van der Waals surface area contributed by atoms with Crippen LogP contribution in [0.3, 0.4) is 0 Å². The molecule has 0 aliphatic rings. The van der Waals surface area contributed by atoms with Crippen LogP contribution in [0, 0.1) is 6.92 Å². The van der Waals surface area contributed by atoms with Crippen molar-refractivity contribution < 1.29 is 22.7 Å². The van der Waals surface area contributed by atoms with Crippen LogP contribution in [0.5, 0.6) is 5.75 Å². The van der Waals surface area contributed by atoms with Crippen molar-refractivity contribution in [3.8, 4) is 5.75 Å². The topological polar surface area (TPSA) is 96.0 Å². The summed E-state index contributed by atoms with van der Waals surface area (Å²) >= 11 is 0. The molecule has 8 nitrogen and oxygen atoms in total. The van der Waals surface area contributed by atoms with Crippen molar-refractivity contribution in [1.29, 1.82) is 0 Å². The summed E-state index contributed by atoms with van der Waals surface area (Å²) in [5, 5.41) is 2.82. The molecule has 192 valence electrons. The number of carbonyl (C=O) groups excluding carboxylic acids is 2. The van der Waals surface area contributed by atoms with E-state index in [4.69, 9.17) is 4.74 Å². The van der Waals surface area contributed by atoms with Gasteiger partial charge >= 0.3 is 0 Å². The molecule has 1 N–H and O–H groups in total. The predicted molar refractivity (Wildman–Crippen MR) is 139 cm³/mol. The highest BCUT2D eigenvalue weighted by molar-refractivity contribution is 7.92. The van der Waals surface area contributed by atoms with Crippen LogP contribution in [0.4, 0.5) is 5.69 Å². The van der Waals surface area contributed by atoms with E-state index < -0.39 is 16.1 Å². The maximum atomic E-state index is 13.4. The lowest BCUT2D eigenvalue weighted by Gasteiger charge is -2.31. The number of carbonyl (C=O) groups is 2. The fraction of sp³-hybridized carbons (Fsp3) is 0.462. The number of rotatable bonds is 13. The number of aryl methyl sites for hydroxylation is 1. The first-order valence-corrected chi connectivity index (χ1v) is 13.7. The molecule has 2 aromatic carbocycles. The van der Waals surface area contributed by atoms with Gasteiger partial charge in [0, 0.05) is 32.1 Å². The maximum Gasteiger partial charge on any atom is 0.242 e. The number of methoxy groups -OCH3 is 1. The average Bonchev–Trinajstić information content (AvgIpc) is 2.81. The Kier molecular flexibility index (Phi) is 10.6. The molecule has 0 saturated carbocycles. The van der Waals surface area contributed by atoms with Gasteiger partial charge in [-0.15, -0.1) is 0 Å². The van der Waals surface area contributed by atoms with Crippen molar-refractivity contribution in [3.05, 3.63) is 59.7 Å². The minimum absolute atomic E-state index is 0.109. The molecule has 0 fully saturated rings. The third-order valence-corrected chi connectivity index (χ3v) is 6.86. The molecule has 0 bridgehead atoms. The second-order valence-corrected chi connectivity index (χ2v) is 10.4. The molecule has 0 aromatic heterocycles. The Morgan fingerprint density at radius 2 is 1.80 bits per heavy atom. The van der Waals surface area contributed by atoms with E-state index in [0.29, 0.717) is 37.4 Å². The van der Waals surface area contributed by atoms with E-state index in [9.17, 15) is 18.0 Å². The summed E-state index contributed by atoms with van der Waals surface area (Å²) in [6.07, 6.45) is 2.03. The van der Waals surface area contributed by atoms with E-state index >= 15 is 0 Å². The molecule has 0 radical (unpaired) electrons. The van der Waals surface area contributed by atoms with Gasteiger partial charge in [-0.05, 0) is 44.4 Å². The third-order valence-electron chi connectivity index (χ3n) is 5.67. The number of anilines is 1. The van der Waals surface area contributed by atoms with Gasteiger partial charge in [-0.3, -0.25) is 13.9 Å². The number of benzene rings is 2. The Bertz CT molecular complexity index is 1100. The van der Waals surface area contributed by atoms with Crippen LogP contribution in [-0.2, 0) is 26.2 Å². The number of amides is 2. The summed E-state index contributed by atoms with van der Waals surface area (Å²) in [5.41, 5.74) is 2.49. The Morgan fingerprint density at radius 3 is 2.40 bits per heavy atom. The number of likely N-dealkylation sites (N-methyl/N-ethyl adjacent to an activating group) is 1. The molecule has 0 aliphatic carbocycles. The van der Waals surface area contributed by atoms with Gasteiger partial charge in [-0.25, -0.2) is 8.42 Å². The third kappa shape index (κ3) is 8.28. The van der Waals surface area contributed by atoms with Crippen LogP contribution in [0.25, 0.3) is 0 Å². The van der Waals surface area contributed by atoms with Crippen molar-refractivity contribution in [3.63, 3.8) is 0 Å². The number of hydrogen-bond donors (Lipinski definition) is 1. The number of hydrogen-bond acceptors (Lipinski definition) is 5. The molecule has 35 heavy (non-hydrogen) atoms. The average molecular weight is 504 g/mol. The molecule has 0 unspecified atom stereocenters. The van der Waals surface area contributed by atoms with Crippen molar-refractivity contribution in [1.82, 2.24) is 10.2 Å². The second-order valence-electron chi connectivity index (χ2n) is 8.47. The Balaban J connectivity index is 2.21. The molecule has 0 aliphatic heterocycles. The molecule has 1 atom stereocenters. The molecular weight excluding hydrogens is 466 g/mol. The molecular formula is C26H37N3O5S. The highest BCUT2D eigenvalue weighted by Crippen LogP contribution is 2.24. The fourth-order valence-electron chi connectivity index (χ4n) is 3.99. The quantitative estimate of drug-likeness (QED) is 0.451. The number of nitrogens with one attached hydrogen (secondary N) is 1. The van der Waals surface area contributed by atoms with Crippen molar-refractivity contribution in [2.45, 2.75) is 52.6 Å². The normalized spacial score (nSPS) is 12.0. The minimum Gasteiger partial charge on any atom is -0.497 e. The predicted octanol–water partition coefficient (Wildman–Crippen LogP) is 3.49. The summed E-state index contributed by atoms with van der Waals surface area (Å²) in [6.45, 7) is 6.62. The largest absolute Gasteiger partial charge is 0.497 e. The first-order chi connectivity index (χ1) is 16.6. The molecule has 9 heteroatoms. The summed E-state index contributed by atoms with van der Waals surface area (Å²) in [4.78, 5) is 27.7. The van der Waals surface area contributed by atoms with E-state index in [0.717, 1.165) is 17.4 Å². The van der Waals surface area contributed by atoms with Gasteiger partial charge < -0.3 is 15.0 Å². The lowest BCUT2D eigenvalue weighted by Crippen LogP contribution is -2.49. The molecule has 2 rings (SSSR count). The zero-order chi connectivity index (χ0) is 26.0. The van der Waals surface area contributed by atoms with E-state index in [1.807, 2.05) is 45.0 Å². The van der Waals surface area contributed by atoms with Crippen LogP contribution in [0.2, 0.25) is 0 Å². The van der Waals surface area contributed by atoms with E-state index in [-0.39, 0.29) is 24.8 Å². The number of ether oxygens (including phenoxy) is 1. The Hall–Kier alpha value is -3.07. The highest BCUT2D eigenvalue weighted by Gasteiger charge is 2.28. The van der Waals surface area contributed by atoms with Gasteiger partial charge in [0.15, 0.2) is 0 Å². The zero-order valence-electron chi connectivity index (χ0n) is 21.3. The standard InChI is InChI=1S/C26H37N3O5S/c1-6-24(26(31)27-7-2)28(19-21-12-8-11-20(3)17-21)25(30)15-10-16-29(35(5,32)33)22-13-9-14-23(18-22)34-4/h8-9,11-14,17-18,24H,6-7,10,15-16,19H2,1-5H3,(H,27,31)/t24-/m1/s1. The van der Waals surface area contributed by atoms with Crippen molar-refractivity contribution in [2.75, 3.05) is 30.8 Å². The lowest BCUT2D eigenvalue weighted by atomic mass is 10.1. The number of nitrogens with zero attached hydrogens (tertiary/aromatic N) is 2. The van der Waals surface area contributed by atoms with Gasteiger partial charge in [0.1, 0.15) is 11.8 Å². The smallest absolute Gasteiger partial charge is 0.242 e. The SMILES string of the molecule is CCNC(=O)[C@@H](CC)N(Cc1cccc(C)c1)C(=O)CCCN(c1cccc(OC)c1)S(C)(=O)=O. The zero-order valence-corrected chi connectivity index (χ0v) is 22.1. The van der Waals surface area contributed by atoms with Gasteiger partial charge in [0.05, 0.1) is 19.1 Å². The van der Waals surface area contributed by atoms with Crippen LogP contribution < -0.4 is 14.4 Å². The summed E-state index contributed by atoms with van der Waals surface area (Å²) < 4.78 is 31.4. The maximum absolute atomic E-state index is 13.4. The highest BCUT2D eigenvalue weighted by atomic mass is 32.2. The van der Waals surface area contributed by atoms with Gasteiger partial charge in [-0.1, -0.05) is 42.8 Å². The van der Waals surface area contributed by atoms with Crippen molar-refractivity contribution in [2.24, 2.45) is 0 Å². The summed E-state index contributed by atoms with van der Waals surface area (Å²) in [5.74, 6) is 0.165. The molecule has 2 amide bonds. The lowest BCUT2D eigenvalue weighted by molar-refractivity contribution is -0.141. The van der Waals surface area contributed by atoms with E-state index in [2.05, 4.69) is 5.32 Å². The molecule has 0 spiro atoms. The van der Waals surface area contributed by atoms with Crippen molar-refractivity contribution >= 4 is 27.5 Å². The molecule has 2 aromatic rings. The molecule has 0 saturated heterocycles. The molecule has 0 heterocycles. The van der Waals surface area contributed by atoms with Crippen LogP contribution in [0.15, 0.2) is 48.5 Å². The van der Waals surface area contributed by atoms with Crippen LogP contribution >= 0.6 is 0 Å². The second kappa shape index (κ2) is 13.1. The van der Waals surface area contributed by atoms with Gasteiger partial charge in [0.2, 0.25) is 21.8 Å². The van der Waals surface area contributed by atoms with Crippen LogP contribution in [-0.4, -0.2) is 57.6 Å². The Labute approximate surface area is 209 Å². The monoisotopic (exact) mass is 503 g/mol. The van der Waals surface area contributed by atoms with E-state index in [1.54, 1.807) is 29.2 Å². The minimum atomic E-state index is -3.57. The first kappa shape index (κ1) is 28.2. The fourth-order valence-corrected chi connectivity index (χ4v) is 4.95. The summed E-state index contributed by atoms with van der Waals surface area (Å²) in [6, 6.07) is 14.0. The van der Waals surface area contributed by atoms with Gasteiger partial charge in [-0.2, -0.15) is 0 Å². The van der Waals surface area contributed by atoms with Gasteiger partial charge in [0.25, 0.3) is 0 Å². The Morgan fingerprint density at radius 1 is 1.09 bits per heavy atom.